The first kappa shape index (κ1) is 17.3. The molecule has 21 heavy (non-hydrogen) atoms. The molecular weight excluding hydrogens is 266 g/mol. The van der Waals surface area contributed by atoms with E-state index in [2.05, 4.69) is 4.90 Å². The molecule has 1 aromatic carbocycles. The number of ether oxygens (including phenoxy) is 1. The molecule has 0 saturated heterocycles. The van der Waals surface area contributed by atoms with Crippen LogP contribution in [0.3, 0.4) is 0 Å². The summed E-state index contributed by atoms with van der Waals surface area (Å²) in [5.41, 5.74) is 6.61. The summed E-state index contributed by atoms with van der Waals surface area (Å²) in [5.74, 6) is 0.918. The number of rotatable bonds is 8. The van der Waals surface area contributed by atoms with Gasteiger partial charge in [0.25, 0.3) is 0 Å². The third kappa shape index (κ3) is 5.27. The van der Waals surface area contributed by atoms with Gasteiger partial charge in [0.2, 0.25) is 5.91 Å². The Bertz CT molecular complexity index is 432. The number of carbonyl (C=O) groups is 1. The highest BCUT2D eigenvalue weighted by atomic mass is 16.5. The highest BCUT2D eigenvalue weighted by Crippen LogP contribution is 2.19. The van der Waals surface area contributed by atoms with E-state index in [4.69, 9.17) is 10.5 Å². The van der Waals surface area contributed by atoms with Crippen molar-refractivity contribution in [3.8, 4) is 5.75 Å². The molecule has 0 heterocycles. The highest BCUT2D eigenvalue weighted by Gasteiger charge is 2.16. The van der Waals surface area contributed by atoms with Crippen LogP contribution in [-0.2, 0) is 4.79 Å². The van der Waals surface area contributed by atoms with Crippen LogP contribution in [0.1, 0.15) is 20.3 Å². The number of anilines is 1. The fourth-order valence-corrected chi connectivity index (χ4v) is 1.94. The number of likely N-dealkylation sites (N-methyl/N-ethyl adjacent to an activating group) is 1. The summed E-state index contributed by atoms with van der Waals surface area (Å²) in [7, 11) is 3.48. The van der Waals surface area contributed by atoms with Crippen molar-refractivity contribution in [3.05, 3.63) is 24.3 Å². The standard InChI is InChI=1S/C16H27N3O2/c1-13(2)18(3)16(20)12-19(11-5-10-17)14-6-8-15(21-4)9-7-14/h6-9,13H,5,10-12,17H2,1-4H3. The zero-order valence-electron chi connectivity index (χ0n) is 13.5. The molecule has 0 aliphatic rings. The smallest absolute Gasteiger partial charge is 0.242 e. The number of nitrogens with two attached hydrogens (primary N) is 1. The molecule has 0 aliphatic carbocycles. The van der Waals surface area contributed by atoms with Gasteiger partial charge in [0, 0.05) is 25.3 Å². The predicted octanol–water partition coefficient (Wildman–Crippen LogP) is 1.72. The van der Waals surface area contributed by atoms with Crippen molar-refractivity contribution in [2.45, 2.75) is 26.3 Å². The van der Waals surface area contributed by atoms with Crippen molar-refractivity contribution in [1.29, 1.82) is 0 Å². The average molecular weight is 293 g/mol. The van der Waals surface area contributed by atoms with Gasteiger partial charge in [-0.05, 0) is 51.1 Å². The minimum atomic E-state index is 0.109. The SMILES string of the molecule is COc1ccc(N(CCCN)CC(=O)N(C)C(C)C)cc1. The molecular formula is C16H27N3O2. The van der Waals surface area contributed by atoms with Crippen LogP contribution in [0.2, 0.25) is 0 Å². The first-order valence-corrected chi connectivity index (χ1v) is 7.34. The van der Waals surface area contributed by atoms with Crippen LogP contribution in [0.5, 0.6) is 5.75 Å². The molecule has 0 spiro atoms. The van der Waals surface area contributed by atoms with Crippen molar-refractivity contribution in [2.75, 3.05) is 38.7 Å². The molecule has 118 valence electrons. The Morgan fingerprint density at radius 1 is 1.29 bits per heavy atom. The summed E-state index contributed by atoms with van der Waals surface area (Å²) in [5, 5.41) is 0. The molecule has 0 bridgehead atoms. The molecule has 0 aromatic heterocycles. The van der Waals surface area contributed by atoms with Gasteiger partial charge >= 0.3 is 0 Å². The lowest BCUT2D eigenvalue weighted by Gasteiger charge is -2.28. The summed E-state index contributed by atoms with van der Waals surface area (Å²) in [6.45, 7) is 5.76. The number of nitrogens with zero attached hydrogens (tertiary/aromatic N) is 2. The van der Waals surface area contributed by atoms with E-state index in [0.29, 0.717) is 13.1 Å². The van der Waals surface area contributed by atoms with Crippen LogP contribution in [0.15, 0.2) is 24.3 Å². The van der Waals surface area contributed by atoms with E-state index in [-0.39, 0.29) is 11.9 Å². The van der Waals surface area contributed by atoms with Crippen LogP contribution in [0.4, 0.5) is 5.69 Å². The molecule has 5 nitrogen and oxygen atoms in total. The molecule has 5 heteroatoms. The van der Waals surface area contributed by atoms with Gasteiger partial charge in [-0.15, -0.1) is 0 Å². The van der Waals surface area contributed by atoms with Gasteiger partial charge in [-0.25, -0.2) is 0 Å². The van der Waals surface area contributed by atoms with Crippen LogP contribution in [0, 0.1) is 0 Å². The predicted molar refractivity (Wildman–Crippen MR) is 86.8 cm³/mol. The number of benzene rings is 1. The first-order valence-electron chi connectivity index (χ1n) is 7.34. The van der Waals surface area contributed by atoms with Crippen molar-refractivity contribution >= 4 is 11.6 Å². The normalized spacial score (nSPS) is 10.6. The van der Waals surface area contributed by atoms with Gasteiger partial charge in [-0.1, -0.05) is 0 Å². The summed E-state index contributed by atoms with van der Waals surface area (Å²) in [6, 6.07) is 7.95. The summed E-state index contributed by atoms with van der Waals surface area (Å²) >= 11 is 0. The van der Waals surface area contributed by atoms with Crippen molar-refractivity contribution in [1.82, 2.24) is 4.90 Å². The maximum atomic E-state index is 12.3. The fourth-order valence-electron chi connectivity index (χ4n) is 1.94. The zero-order valence-corrected chi connectivity index (χ0v) is 13.5. The lowest BCUT2D eigenvalue weighted by molar-refractivity contribution is -0.129. The van der Waals surface area contributed by atoms with E-state index < -0.39 is 0 Å². The van der Waals surface area contributed by atoms with Crippen LogP contribution >= 0.6 is 0 Å². The lowest BCUT2D eigenvalue weighted by atomic mass is 10.2. The monoisotopic (exact) mass is 293 g/mol. The van der Waals surface area contributed by atoms with E-state index in [0.717, 1.165) is 24.4 Å². The largest absolute Gasteiger partial charge is 0.497 e. The quantitative estimate of drug-likeness (QED) is 0.793. The molecule has 1 amide bonds. The van der Waals surface area contributed by atoms with Gasteiger partial charge < -0.3 is 20.3 Å². The Kier molecular flexibility index (Phi) is 7.02. The Balaban J connectivity index is 2.81. The van der Waals surface area contributed by atoms with Gasteiger partial charge in [0.05, 0.1) is 13.7 Å². The third-order valence-electron chi connectivity index (χ3n) is 3.56. The minimum absolute atomic E-state index is 0.109. The van der Waals surface area contributed by atoms with Crippen molar-refractivity contribution in [2.24, 2.45) is 5.73 Å². The second-order valence-corrected chi connectivity index (χ2v) is 5.36. The number of carbonyl (C=O) groups excluding carboxylic acids is 1. The molecule has 1 rings (SSSR count). The van der Waals surface area contributed by atoms with Gasteiger partial charge in [0.1, 0.15) is 5.75 Å². The lowest BCUT2D eigenvalue weighted by Crippen LogP contribution is -2.42. The van der Waals surface area contributed by atoms with E-state index in [9.17, 15) is 4.79 Å². The van der Waals surface area contributed by atoms with Crippen LogP contribution in [0.25, 0.3) is 0 Å². The number of methoxy groups -OCH3 is 1. The Hall–Kier alpha value is -1.75. The van der Waals surface area contributed by atoms with Gasteiger partial charge in [0.15, 0.2) is 0 Å². The maximum absolute atomic E-state index is 12.3. The summed E-state index contributed by atoms with van der Waals surface area (Å²) in [4.78, 5) is 16.1. The number of amides is 1. The van der Waals surface area contributed by atoms with Gasteiger partial charge in [-0.2, -0.15) is 0 Å². The number of hydrogen-bond donors (Lipinski definition) is 1. The second-order valence-electron chi connectivity index (χ2n) is 5.36. The van der Waals surface area contributed by atoms with E-state index in [1.165, 1.54) is 0 Å². The maximum Gasteiger partial charge on any atom is 0.242 e. The van der Waals surface area contributed by atoms with Gasteiger partial charge in [-0.3, -0.25) is 4.79 Å². The second kappa shape index (κ2) is 8.52. The molecule has 1 aromatic rings. The van der Waals surface area contributed by atoms with Crippen molar-refractivity contribution in [3.63, 3.8) is 0 Å². The van der Waals surface area contributed by atoms with Crippen molar-refractivity contribution < 1.29 is 9.53 Å². The van der Waals surface area contributed by atoms with E-state index in [1.54, 1.807) is 12.0 Å². The minimum Gasteiger partial charge on any atom is -0.497 e. The molecule has 0 saturated carbocycles. The van der Waals surface area contributed by atoms with Crippen LogP contribution in [-0.4, -0.2) is 50.6 Å². The van der Waals surface area contributed by atoms with E-state index >= 15 is 0 Å². The highest BCUT2D eigenvalue weighted by molar-refractivity contribution is 5.81. The Labute approximate surface area is 127 Å². The summed E-state index contributed by atoms with van der Waals surface area (Å²) < 4.78 is 5.17. The molecule has 0 aliphatic heterocycles. The number of hydrogen-bond acceptors (Lipinski definition) is 4. The zero-order chi connectivity index (χ0) is 15.8. The van der Waals surface area contributed by atoms with Crippen LogP contribution < -0.4 is 15.4 Å². The molecule has 0 radical (unpaired) electrons. The molecule has 0 atom stereocenters. The first-order chi connectivity index (χ1) is 9.99. The summed E-state index contributed by atoms with van der Waals surface area (Å²) in [6.07, 6.45) is 0.852. The Morgan fingerprint density at radius 3 is 2.38 bits per heavy atom. The fraction of sp³-hybridized carbons (Fsp3) is 0.562. The molecule has 2 N–H and O–H groups in total. The third-order valence-corrected chi connectivity index (χ3v) is 3.56. The average Bonchev–Trinajstić information content (AvgIpc) is 2.50. The Morgan fingerprint density at radius 2 is 1.90 bits per heavy atom. The van der Waals surface area contributed by atoms with E-state index in [1.807, 2.05) is 45.2 Å². The topological polar surface area (TPSA) is 58.8 Å². The molecule has 0 fully saturated rings. The molecule has 0 unspecified atom stereocenters.